The van der Waals surface area contributed by atoms with Gasteiger partial charge in [0.1, 0.15) is 5.60 Å². The second-order valence-electron chi connectivity index (χ2n) is 6.56. The van der Waals surface area contributed by atoms with E-state index in [1.165, 1.54) is 7.11 Å². The number of benzene rings is 1. The van der Waals surface area contributed by atoms with Gasteiger partial charge in [-0.1, -0.05) is 0 Å². The molecule has 4 N–H and O–H groups in total. The van der Waals surface area contributed by atoms with E-state index in [-0.39, 0.29) is 5.97 Å². The van der Waals surface area contributed by atoms with Crippen LogP contribution >= 0.6 is 0 Å². The van der Waals surface area contributed by atoms with Gasteiger partial charge < -0.3 is 20.9 Å². The number of ether oxygens (including phenoxy) is 2. The van der Waals surface area contributed by atoms with Crippen LogP contribution in [0.15, 0.2) is 12.1 Å². The quantitative estimate of drug-likeness (QED) is 0.806. The number of methoxy groups -OCH3 is 1. The zero-order valence-corrected chi connectivity index (χ0v) is 15.8. The van der Waals surface area contributed by atoms with Crippen molar-refractivity contribution >= 4 is 18.0 Å². The van der Waals surface area contributed by atoms with Crippen LogP contribution in [0.25, 0.3) is 0 Å². The van der Waals surface area contributed by atoms with Gasteiger partial charge >= 0.3 is 12.1 Å². The Bertz CT molecular complexity index is 610. The molecule has 0 aromatic heterocycles. The van der Waals surface area contributed by atoms with Crippen molar-refractivity contribution in [1.82, 2.24) is 0 Å². The Labute approximate surface area is 148 Å². The third-order valence-electron chi connectivity index (χ3n) is 3.19. The summed E-state index contributed by atoms with van der Waals surface area (Å²) < 4.78 is 9.18. The van der Waals surface area contributed by atoms with Crippen molar-refractivity contribution in [3.8, 4) is 0 Å². The number of amides is 2. The Kier molecular flexibility index (Phi) is 8.67. The molecule has 0 bridgehead atoms. The summed E-state index contributed by atoms with van der Waals surface area (Å²) in [7, 11) is 1.37. The van der Waals surface area contributed by atoms with E-state index in [0.717, 1.165) is 16.7 Å². The molecule has 0 unspecified atom stereocenters. The third-order valence-corrected chi connectivity index (χ3v) is 3.19. The largest absolute Gasteiger partial charge is 0.469 e. The van der Waals surface area contributed by atoms with Crippen molar-refractivity contribution < 1.29 is 23.9 Å². The number of carbonyl (C=O) groups is 3. The summed E-state index contributed by atoms with van der Waals surface area (Å²) >= 11 is 0. The Morgan fingerprint density at radius 3 is 1.80 bits per heavy atom. The van der Waals surface area contributed by atoms with Crippen molar-refractivity contribution in [2.24, 2.45) is 11.5 Å². The molecule has 0 heterocycles. The number of rotatable bonds is 4. The topological polar surface area (TPSA) is 122 Å². The molecular weight excluding hydrogens is 324 g/mol. The number of nitrogens with two attached hydrogens (primary N) is 2. The molecule has 0 radical (unpaired) electrons. The zero-order chi connectivity index (χ0) is 19.8. The van der Waals surface area contributed by atoms with Crippen LogP contribution in [-0.4, -0.2) is 30.7 Å². The van der Waals surface area contributed by atoms with Crippen LogP contribution in [0, 0.1) is 13.8 Å². The molecule has 0 atom stereocenters. The molecule has 140 valence electrons. The second kappa shape index (κ2) is 9.66. The Morgan fingerprint density at radius 2 is 1.52 bits per heavy atom. The Balaban J connectivity index is 0.000000609. The molecular formula is C18H28N2O5. The van der Waals surface area contributed by atoms with E-state index in [1.807, 2.05) is 13.8 Å². The summed E-state index contributed by atoms with van der Waals surface area (Å²) in [5, 5.41) is 0. The van der Waals surface area contributed by atoms with Gasteiger partial charge in [0.15, 0.2) is 0 Å². The lowest BCUT2D eigenvalue weighted by Crippen LogP contribution is -2.27. The maximum atomic E-state index is 11.1. The maximum Gasteiger partial charge on any atom is 0.405 e. The molecule has 0 aliphatic rings. The van der Waals surface area contributed by atoms with E-state index in [4.69, 9.17) is 11.5 Å². The summed E-state index contributed by atoms with van der Waals surface area (Å²) in [4.78, 5) is 32.2. The minimum atomic E-state index is -0.725. The smallest absolute Gasteiger partial charge is 0.405 e. The number of primary amides is 2. The molecule has 25 heavy (non-hydrogen) atoms. The summed E-state index contributed by atoms with van der Waals surface area (Å²) in [6.45, 7) is 9.10. The zero-order valence-electron chi connectivity index (χ0n) is 15.8. The van der Waals surface area contributed by atoms with Gasteiger partial charge in [0, 0.05) is 12.0 Å². The molecule has 7 nitrogen and oxygen atoms in total. The van der Waals surface area contributed by atoms with Crippen molar-refractivity contribution in [1.29, 1.82) is 0 Å². The average molecular weight is 352 g/mol. The molecule has 7 heteroatoms. The van der Waals surface area contributed by atoms with Crippen LogP contribution in [0.1, 0.15) is 54.2 Å². The lowest BCUT2D eigenvalue weighted by molar-refractivity contribution is -0.140. The molecule has 1 aromatic carbocycles. The fourth-order valence-electron chi connectivity index (χ4n) is 2.16. The van der Waals surface area contributed by atoms with Crippen molar-refractivity contribution in [3.63, 3.8) is 0 Å². The van der Waals surface area contributed by atoms with Crippen LogP contribution < -0.4 is 11.5 Å². The average Bonchev–Trinajstić information content (AvgIpc) is 2.43. The van der Waals surface area contributed by atoms with Gasteiger partial charge in [-0.05, 0) is 69.9 Å². The Hall–Kier alpha value is -2.57. The minimum Gasteiger partial charge on any atom is -0.469 e. The molecule has 1 rings (SSSR count). The van der Waals surface area contributed by atoms with Crippen LogP contribution in [0.2, 0.25) is 0 Å². The van der Waals surface area contributed by atoms with Gasteiger partial charge in [-0.2, -0.15) is 0 Å². The van der Waals surface area contributed by atoms with Gasteiger partial charge in [-0.3, -0.25) is 9.59 Å². The lowest BCUT2D eigenvalue weighted by Gasteiger charge is -2.16. The van der Waals surface area contributed by atoms with Crippen LogP contribution in [-0.2, 0) is 20.7 Å². The number of aryl methyl sites for hydroxylation is 2. The SMILES string of the molecule is CC(C)(C)OC(N)=O.COC(=O)CCc1c(C)cc(C(N)=O)cc1C. The molecule has 2 amide bonds. The molecule has 0 spiro atoms. The summed E-state index contributed by atoms with van der Waals surface area (Å²) in [5.41, 5.74) is 13.0. The van der Waals surface area contributed by atoms with E-state index < -0.39 is 17.6 Å². The first-order valence-corrected chi connectivity index (χ1v) is 7.82. The monoisotopic (exact) mass is 352 g/mol. The van der Waals surface area contributed by atoms with Crippen molar-refractivity contribution in [2.45, 2.75) is 53.1 Å². The first-order chi connectivity index (χ1) is 11.4. The van der Waals surface area contributed by atoms with Crippen LogP contribution in [0.3, 0.4) is 0 Å². The summed E-state index contributed by atoms with van der Waals surface area (Å²) in [6, 6.07) is 3.50. The van der Waals surface area contributed by atoms with Crippen LogP contribution in [0.5, 0.6) is 0 Å². The normalized spacial score (nSPS) is 10.3. The summed E-state index contributed by atoms with van der Waals surface area (Å²) in [5.74, 6) is -0.668. The molecule has 0 saturated heterocycles. The van der Waals surface area contributed by atoms with Crippen molar-refractivity contribution in [2.75, 3.05) is 7.11 Å². The van der Waals surface area contributed by atoms with Gasteiger partial charge in [0.25, 0.3) is 0 Å². The minimum absolute atomic E-state index is 0.234. The maximum absolute atomic E-state index is 11.1. The number of esters is 1. The second-order valence-corrected chi connectivity index (χ2v) is 6.56. The van der Waals surface area contributed by atoms with Gasteiger partial charge in [-0.15, -0.1) is 0 Å². The van der Waals surface area contributed by atoms with Crippen molar-refractivity contribution in [3.05, 3.63) is 34.4 Å². The van der Waals surface area contributed by atoms with E-state index in [1.54, 1.807) is 32.9 Å². The van der Waals surface area contributed by atoms with E-state index in [0.29, 0.717) is 18.4 Å². The fourth-order valence-corrected chi connectivity index (χ4v) is 2.16. The molecule has 0 aliphatic carbocycles. The summed E-state index contributed by atoms with van der Waals surface area (Å²) in [6.07, 6.45) is 0.231. The highest BCUT2D eigenvalue weighted by Gasteiger charge is 2.12. The first kappa shape index (κ1) is 22.4. The third kappa shape index (κ3) is 9.34. The highest BCUT2D eigenvalue weighted by molar-refractivity contribution is 5.93. The number of carbonyl (C=O) groups excluding carboxylic acids is 3. The number of hydrogen-bond donors (Lipinski definition) is 2. The van der Waals surface area contributed by atoms with E-state index >= 15 is 0 Å². The standard InChI is InChI=1S/C13H17NO3.C5H11NO2/c1-8-6-10(13(14)16)7-9(2)11(8)4-5-12(15)17-3;1-5(2,3)8-4(6)7/h6-7H,4-5H2,1-3H3,(H2,14,16);1-3H3,(H2,6,7). The predicted octanol–water partition coefficient (Wildman–Crippen LogP) is 2.39. The molecule has 1 aromatic rings. The molecule has 0 fully saturated rings. The van der Waals surface area contributed by atoms with Gasteiger partial charge in [0.05, 0.1) is 7.11 Å². The number of hydrogen-bond acceptors (Lipinski definition) is 5. The fraction of sp³-hybridized carbons (Fsp3) is 0.500. The van der Waals surface area contributed by atoms with Crippen LogP contribution in [0.4, 0.5) is 4.79 Å². The highest BCUT2D eigenvalue weighted by atomic mass is 16.6. The molecule has 0 aliphatic heterocycles. The first-order valence-electron chi connectivity index (χ1n) is 7.82. The van der Waals surface area contributed by atoms with Gasteiger partial charge in [-0.25, -0.2) is 4.79 Å². The van der Waals surface area contributed by atoms with Gasteiger partial charge in [0.2, 0.25) is 5.91 Å². The Morgan fingerprint density at radius 1 is 1.04 bits per heavy atom. The predicted molar refractivity (Wildman–Crippen MR) is 95.2 cm³/mol. The van der Waals surface area contributed by atoms with E-state index in [9.17, 15) is 14.4 Å². The van der Waals surface area contributed by atoms with E-state index in [2.05, 4.69) is 9.47 Å². The molecule has 0 saturated carbocycles. The lowest BCUT2D eigenvalue weighted by atomic mass is 9.95. The highest BCUT2D eigenvalue weighted by Crippen LogP contribution is 2.18.